The molecule has 1 atom stereocenters. The number of pyridine rings is 1. The lowest BCUT2D eigenvalue weighted by molar-refractivity contribution is 0.100. The quantitative estimate of drug-likeness (QED) is 0.765. The van der Waals surface area contributed by atoms with Gasteiger partial charge in [0.25, 0.3) is 5.91 Å². The first kappa shape index (κ1) is 13.8. The molecule has 0 aromatic carbocycles. The van der Waals surface area contributed by atoms with E-state index in [1.807, 2.05) is 0 Å². The van der Waals surface area contributed by atoms with Crippen LogP contribution in [-0.4, -0.2) is 30.0 Å². The molecule has 0 saturated carbocycles. The Balaban J connectivity index is 2.04. The van der Waals surface area contributed by atoms with E-state index < -0.39 is 5.91 Å². The molecule has 1 aromatic rings. The van der Waals surface area contributed by atoms with Crippen LogP contribution in [0, 0.1) is 5.41 Å². The SMILES string of the molecule is CC1(C)CCCNC1CNc1ncccc1C(N)=O. The van der Waals surface area contributed by atoms with E-state index in [1.54, 1.807) is 18.3 Å². The third-order valence-corrected chi connectivity index (χ3v) is 3.88. The second-order valence-corrected chi connectivity index (χ2v) is 5.74. The fourth-order valence-corrected chi connectivity index (χ4v) is 2.56. The smallest absolute Gasteiger partial charge is 0.252 e. The van der Waals surface area contributed by atoms with E-state index in [0.717, 1.165) is 13.1 Å². The van der Waals surface area contributed by atoms with Crippen LogP contribution in [-0.2, 0) is 0 Å². The van der Waals surface area contributed by atoms with Crippen LogP contribution in [0.5, 0.6) is 0 Å². The minimum absolute atomic E-state index is 0.243. The molecule has 0 radical (unpaired) electrons. The van der Waals surface area contributed by atoms with E-state index in [4.69, 9.17) is 5.73 Å². The van der Waals surface area contributed by atoms with E-state index in [9.17, 15) is 4.79 Å². The van der Waals surface area contributed by atoms with Crippen LogP contribution in [0.2, 0.25) is 0 Å². The second kappa shape index (κ2) is 5.57. The maximum absolute atomic E-state index is 11.3. The Labute approximate surface area is 114 Å². The molecule has 5 nitrogen and oxygen atoms in total. The Bertz CT molecular complexity index is 459. The zero-order valence-electron chi connectivity index (χ0n) is 11.6. The molecule has 5 heteroatoms. The Hall–Kier alpha value is -1.62. The summed E-state index contributed by atoms with van der Waals surface area (Å²) < 4.78 is 0. The number of piperidine rings is 1. The Morgan fingerprint density at radius 2 is 2.42 bits per heavy atom. The highest BCUT2D eigenvalue weighted by molar-refractivity contribution is 5.97. The Morgan fingerprint density at radius 1 is 1.63 bits per heavy atom. The number of nitrogens with one attached hydrogen (secondary N) is 2. The summed E-state index contributed by atoms with van der Waals surface area (Å²) in [4.78, 5) is 15.5. The fraction of sp³-hybridized carbons (Fsp3) is 0.571. The molecular weight excluding hydrogens is 240 g/mol. The van der Waals surface area contributed by atoms with E-state index in [-0.39, 0.29) is 5.41 Å². The summed E-state index contributed by atoms with van der Waals surface area (Å²) in [6, 6.07) is 3.77. The van der Waals surface area contributed by atoms with Crippen molar-refractivity contribution in [1.82, 2.24) is 10.3 Å². The second-order valence-electron chi connectivity index (χ2n) is 5.74. The summed E-state index contributed by atoms with van der Waals surface area (Å²) >= 11 is 0. The van der Waals surface area contributed by atoms with Gasteiger partial charge in [-0.15, -0.1) is 0 Å². The van der Waals surface area contributed by atoms with Gasteiger partial charge in [-0.3, -0.25) is 4.79 Å². The molecule has 1 unspecified atom stereocenters. The summed E-state index contributed by atoms with van der Waals surface area (Å²) in [5, 5.41) is 6.77. The number of nitrogens with two attached hydrogens (primary N) is 1. The average Bonchev–Trinajstić information content (AvgIpc) is 2.37. The largest absolute Gasteiger partial charge is 0.368 e. The minimum Gasteiger partial charge on any atom is -0.368 e. The number of anilines is 1. The number of aromatic nitrogens is 1. The van der Waals surface area contributed by atoms with E-state index in [0.29, 0.717) is 17.4 Å². The number of hydrogen-bond acceptors (Lipinski definition) is 4. The van der Waals surface area contributed by atoms with E-state index in [2.05, 4.69) is 29.5 Å². The van der Waals surface area contributed by atoms with Gasteiger partial charge in [-0.1, -0.05) is 13.8 Å². The van der Waals surface area contributed by atoms with Gasteiger partial charge in [0.1, 0.15) is 5.82 Å². The molecule has 1 saturated heterocycles. The number of primary amides is 1. The number of amides is 1. The highest BCUT2D eigenvalue weighted by Gasteiger charge is 2.31. The monoisotopic (exact) mass is 262 g/mol. The maximum Gasteiger partial charge on any atom is 0.252 e. The lowest BCUT2D eigenvalue weighted by atomic mass is 9.77. The number of carbonyl (C=O) groups is 1. The van der Waals surface area contributed by atoms with Crippen molar-refractivity contribution in [1.29, 1.82) is 0 Å². The molecule has 2 rings (SSSR count). The number of hydrogen-bond donors (Lipinski definition) is 3. The van der Waals surface area contributed by atoms with Crippen molar-refractivity contribution >= 4 is 11.7 Å². The van der Waals surface area contributed by atoms with E-state index in [1.165, 1.54) is 12.8 Å². The molecule has 2 heterocycles. The van der Waals surface area contributed by atoms with Crippen LogP contribution in [0.4, 0.5) is 5.82 Å². The van der Waals surface area contributed by atoms with Gasteiger partial charge in [0.05, 0.1) is 5.56 Å². The lowest BCUT2D eigenvalue weighted by Gasteiger charge is -2.39. The van der Waals surface area contributed by atoms with Crippen molar-refractivity contribution in [3.8, 4) is 0 Å². The molecule has 0 aliphatic carbocycles. The normalized spacial score (nSPS) is 21.9. The first-order valence-corrected chi connectivity index (χ1v) is 6.73. The third kappa shape index (κ3) is 3.23. The molecule has 1 aromatic heterocycles. The molecule has 4 N–H and O–H groups in total. The lowest BCUT2D eigenvalue weighted by Crippen LogP contribution is -2.50. The highest BCUT2D eigenvalue weighted by atomic mass is 16.1. The standard InChI is InChI=1S/C14H22N4O/c1-14(2)6-4-8-16-11(14)9-18-13-10(12(15)19)5-3-7-17-13/h3,5,7,11,16H,4,6,8-9H2,1-2H3,(H2,15,19)(H,17,18). The summed E-state index contributed by atoms with van der Waals surface area (Å²) in [7, 11) is 0. The van der Waals surface area contributed by atoms with Crippen LogP contribution in [0.3, 0.4) is 0 Å². The Morgan fingerprint density at radius 3 is 3.11 bits per heavy atom. The van der Waals surface area contributed by atoms with Gasteiger partial charge in [-0.05, 0) is 36.9 Å². The van der Waals surface area contributed by atoms with Crippen LogP contribution in [0.15, 0.2) is 18.3 Å². The molecule has 0 spiro atoms. The van der Waals surface area contributed by atoms with Gasteiger partial charge in [-0.2, -0.15) is 0 Å². The average molecular weight is 262 g/mol. The summed E-state index contributed by atoms with van der Waals surface area (Å²) in [6.07, 6.45) is 4.07. The van der Waals surface area contributed by atoms with E-state index >= 15 is 0 Å². The highest BCUT2D eigenvalue weighted by Crippen LogP contribution is 2.30. The van der Waals surface area contributed by atoms with Crippen LogP contribution in [0.1, 0.15) is 37.0 Å². The van der Waals surface area contributed by atoms with Gasteiger partial charge in [0.15, 0.2) is 0 Å². The number of nitrogens with zero attached hydrogens (tertiary/aromatic N) is 1. The zero-order chi connectivity index (χ0) is 13.9. The summed E-state index contributed by atoms with van der Waals surface area (Å²) in [5.74, 6) is 0.115. The number of carbonyl (C=O) groups excluding carboxylic acids is 1. The topological polar surface area (TPSA) is 80.0 Å². The van der Waals surface area contributed by atoms with Crippen LogP contribution < -0.4 is 16.4 Å². The first-order valence-electron chi connectivity index (χ1n) is 6.73. The molecule has 1 amide bonds. The predicted molar refractivity (Wildman–Crippen MR) is 76.1 cm³/mol. The molecule has 104 valence electrons. The number of rotatable bonds is 4. The van der Waals surface area contributed by atoms with Crippen molar-refractivity contribution in [2.75, 3.05) is 18.4 Å². The van der Waals surface area contributed by atoms with Crippen molar-refractivity contribution in [3.63, 3.8) is 0 Å². The summed E-state index contributed by atoms with van der Waals surface area (Å²) in [6.45, 7) is 6.31. The van der Waals surface area contributed by atoms with Gasteiger partial charge >= 0.3 is 0 Å². The molecular formula is C14H22N4O. The van der Waals surface area contributed by atoms with Crippen LogP contribution >= 0.6 is 0 Å². The first-order chi connectivity index (χ1) is 9.00. The van der Waals surface area contributed by atoms with Crippen LogP contribution in [0.25, 0.3) is 0 Å². The summed E-state index contributed by atoms with van der Waals surface area (Å²) in [5.41, 5.74) is 6.03. The van der Waals surface area contributed by atoms with Crippen molar-refractivity contribution < 1.29 is 4.79 Å². The van der Waals surface area contributed by atoms with Gasteiger partial charge in [-0.25, -0.2) is 4.98 Å². The minimum atomic E-state index is -0.452. The van der Waals surface area contributed by atoms with Gasteiger partial charge < -0.3 is 16.4 Å². The van der Waals surface area contributed by atoms with Crippen molar-refractivity contribution in [2.45, 2.75) is 32.7 Å². The molecule has 1 fully saturated rings. The molecule has 1 aliphatic rings. The van der Waals surface area contributed by atoms with Crippen molar-refractivity contribution in [2.24, 2.45) is 11.1 Å². The molecule has 1 aliphatic heterocycles. The van der Waals surface area contributed by atoms with Gasteiger partial charge in [0.2, 0.25) is 0 Å². The van der Waals surface area contributed by atoms with Crippen molar-refractivity contribution in [3.05, 3.63) is 23.9 Å². The molecule has 19 heavy (non-hydrogen) atoms. The fourth-order valence-electron chi connectivity index (χ4n) is 2.56. The maximum atomic E-state index is 11.3. The van der Waals surface area contributed by atoms with Gasteiger partial charge in [0, 0.05) is 18.8 Å². The predicted octanol–water partition coefficient (Wildman–Crippen LogP) is 1.37. The zero-order valence-corrected chi connectivity index (χ0v) is 11.6. The Kier molecular flexibility index (Phi) is 4.04. The third-order valence-electron chi connectivity index (χ3n) is 3.88. The molecule has 0 bridgehead atoms.